The van der Waals surface area contributed by atoms with E-state index in [-0.39, 0.29) is 0 Å². The fraction of sp³-hybridized carbons (Fsp3) is 0.810. The van der Waals surface area contributed by atoms with Gasteiger partial charge >= 0.3 is 11.9 Å². The number of unbranched alkanes of at least 4 members (excludes halogenated alkanes) is 11. The third kappa shape index (κ3) is 31.0. The lowest BCUT2D eigenvalue weighted by Gasteiger charge is -2.04. The van der Waals surface area contributed by atoms with Crippen molar-refractivity contribution in [2.24, 2.45) is 5.92 Å². The summed E-state index contributed by atoms with van der Waals surface area (Å²) in [4.78, 5) is 19.6. The van der Waals surface area contributed by atoms with Crippen molar-refractivity contribution in [3.63, 3.8) is 0 Å². The zero-order valence-corrected chi connectivity index (χ0v) is 16.5. The largest absolute Gasteiger partial charge is 0.481 e. The van der Waals surface area contributed by atoms with Gasteiger partial charge in [-0.25, -0.2) is 4.79 Å². The maximum atomic E-state index is 10.3. The first-order chi connectivity index (χ1) is 11.9. The molecule has 0 fully saturated rings. The van der Waals surface area contributed by atoms with E-state index in [1.807, 2.05) is 0 Å². The van der Waals surface area contributed by atoms with Gasteiger partial charge in [0.05, 0.1) is 0 Å². The van der Waals surface area contributed by atoms with E-state index < -0.39 is 11.9 Å². The molecule has 4 nitrogen and oxygen atoms in total. The van der Waals surface area contributed by atoms with Crippen molar-refractivity contribution in [3.8, 4) is 0 Å². The van der Waals surface area contributed by atoms with Crippen LogP contribution in [0.4, 0.5) is 0 Å². The number of hydrogen-bond acceptors (Lipinski definition) is 2. The Morgan fingerprint density at radius 3 is 1.36 bits per heavy atom. The molecule has 0 aliphatic rings. The summed E-state index contributed by atoms with van der Waals surface area (Å²) in [7, 11) is 0. The Bertz CT molecular complexity index is 324. The predicted molar refractivity (Wildman–Crippen MR) is 105 cm³/mol. The minimum Gasteiger partial charge on any atom is -0.481 e. The summed E-state index contributed by atoms with van der Waals surface area (Å²) in [5.41, 5.74) is 0. The molecule has 0 atom stereocenters. The number of hydrogen-bond donors (Lipinski definition) is 2. The second-order valence-electron chi connectivity index (χ2n) is 7.11. The Balaban J connectivity index is 0. The van der Waals surface area contributed by atoms with Gasteiger partial charge in [0.25, 0.3) is 0 Å². The van der Waals surface area contributed by atoms with Gasteiger partial charge in [-0.3, -0.25) is 4.79 Å². The van der Waals surface area contributed by atoms with Crippen LogP contribution in [0.2, 0.25) is 0 Å². The first-order valence-electron chi connectivity index (χ1n) is 9.97. The lowest BCUT2D eigenvalue weighted by Crippen LogP contribution is -1.93. The fourth-order valence-electron chi connectivity index (χ4n) is 2.60. The van der Waals surface area contributed by atoms with Gasteiger partial charge in [0.15, 0.2) is 0 Å². The van der Waals surface area contributed by atoms with Gasteiger partial charge in [-0.15, -0.1) is 0 Å². The van der Waals surface area contributed by atoms with Gasteiger partial charge in [-0.2, -0.15) is 0 Å². The van der Waals surface area contributed by atoms with Crippen LogP contribution in [0.3, 0.4) is 0 Å². The number of rotatable bonds is 16. The van der Waals surface area contributed by atoms with Gasteiger partial charge < -0.3 is 10.2 Å². The molecular weight excluding hydrogens is 316 g/mol. The molecule has 0 radical (unpaired) electrons. The van der Waals surface area contributed by atoms with Gasteiger partial charge in [-0.05, 0) is 12.3 Å². The molecule has 25 heavy (non-hydrogen) atoms. The smallest absolute Gasteiger partial charge is 0.327 e. The van der Waals surface area contributed by atoms with Crippen molar-refractivity contribution in [1.29, 1.82) is 0 Å². The van der Waals surface area contributed by atoms with E-state index in [0.717, 1.165) is 24.8 Å². The molecule has 4 heteroatoms. The van der Waals surface area contributed by atoms with E-state index in [9.17, 15) is 9.59 Å². The second-order valence-corrected chi connectivity index (χ2v) is 7.11. The van der Waals surface area contributed by atoms with Gasteiger partial charge in [0.2, 0.25) is 0 Å². The molecule has 0 aromatic carbocycles. The highest BCUT2D eigenvalue weighted by molar-refractivity contribution is 5.78. The Morgan fingerprint density at radius 2 is 1.08 bits per heavy atom. The van der Waals surface area contributed by atoms with Crippen molar-refractivity contribution in [2.45, 2.75) is 104 Å². The predicted octanol–water partition coefficient (Wildman–Crippen LogP) is 6.45. The first kappa shape index (κ1) is 25.9. The Hall–Kier alpha value is -1.32. The van der Waals surface area contributed by atoms with E-state index in [4.69, 9.17) is 10.2 Å². The van der Waals surface area contributed by atoms with Crippen molar-refractivity contribution >= 4 is 11.9 Å². The van der Waals surface area contributed by atoms with Gasteiger partial charge in [0.1, 0.15) is 0 Å². The van der Waals surface area contributed by atoms with Crippen LogP contribution in [-0.4, -0.2) is 22.2 Å². The van der Waals surface area contributed by atoms with Crippen LogP contribution < -0.4 is 0 Å². The molecule has 0 aliphatic heterocycles. The highest BCUT2D eigenvalue weighted by Gasteiger charge is 1.97. The van der Waals surface area contributed by atoms with Gasteiger partial charge in [-0.1, -0.05) is 97.5 Å². The summed E-state index contributed by atoms with van der Waals surface area (Å²) in [5.74, 6) is -0.770. The molecule has 0 bridgehead atoms. The number of aliphatic carboxylic acids is 2. The van der Waals surface area contributed by atoms with Crippen LogP contribution in [0.5, 0.6) is 0 Å². The molecule has 2 N–H and O–H groups in total. The fourth-order valence-corrected chi connectivity index (χ4v) is 2.60. The van der Waals surface area contributed by atoms with Crippen LogP contribution in [0.25, 0.3) is 0 Å². The first-order valence-corrected chi connectivity index (χ1v) is 9.97. The molecule has 0 spiro atoms. The lowest BCUT2D eigenvalue weighted by molar-refractivity contribution is -0.137. The highest BCUT2D eigenvalue weighted by Crippen LogP contribution is 2.14. The molecule has 0 aliphatic carbocycles. The standard InChI is InChI=1S/C18H36O2.C3H4O2/c1-17(2)15-13-11-9-7-5-3-4-6-8-10-12-14-16-18(19)20;1-2-3(4)5/h17H,3-16H2,1-2H3,(H,19,20);2H,1H2,(H,4,5). The summed E-state index contributed by atoms with van der Waals surface area (Å²) < 4.78 is 0. The average Bonchev–Trinajstić information content (AvgIpc) is 2.55. The number of carboxylic acid groups (broad SMARTS) is 2. The molecule has 0 saturated heterocycles. The third-order valence-corrected chi connectivity index (χ3v) is 4.10. The van der Waals surface area contributed by atoms with Crippen LogP contribution in [0, 0.1) is 5.92 Å². The summed E-state index contributed by atoms with van der Waals surface area (Å²) in [6, 6.07) is 0. The average molecular weight is 357 g/mol. The summed E-state index contributed by atoms with van der Waals surface area (Å²) in [6.45, 7) is 7.58. The molecule has 0 rings (SSSR count). The normalized spacial score (nSPS) is 10.2. The third-order valence-electron chi connectivity index (χ3n) is 4.10. The minimum absolute atomic E-state index is 0.344. The maximum Gasteiger partial charge on any atom is 0.327 e. The minimum atomic E-state index is -0.981. The molecule has 148 valence electrons. The Kier molecular flexibility index (Phi) is 21.5. The maximum absolute atomic E-state index is 10.3. The number of carboxylic acids is 2. The zero-order chi connectivity index (χ0) is 19.3. The molecule has 0 aromatic rings. The van der Waals surface area contributed by atoms with Crippen molar-refractivity contribution in [3.05, 3.63) is 12.7 Å². The molecule has 0 unspecified atom stereocenters. The van der Waals surface area contributed by atoms with Crippen LogP contribution in [0.15, 0.2) is 12.7 Å². The van der Waals surface area contributed by atoms with Crippen molar-refractivity contribution in [1.82, 2.24) is 0 Å². The SMILES string of the molecule is C=CC(=O)O.CC(C)CCCCCCCCCCCCCCC(=O)O. The zero-order valence-electron chi connectivity index (χ0n) is 16.5. The Labute approximate surface area is 154 Å². The van der Waals surface area contributed by atoms with E-state index in [0.29, 0.717) is 6.42 Å². The summed E-state index contributed by atoms with van der Waals surface area (Å²) >= 11 is 0. The highest BCUT2D eigenvalue weighted by atomic mass is 16.4. The lowest BCUT2D eigenvalue weighted by atomic mass is 10.0. The van der Waals surface area contributed by atoms with E-state index in [1.165, 1.54) is 70.6 Å². The van der Waals surface area contributed by atoms with Gasteiger partial charge in [0, 0.05) is 12.5 Å². The van der Waals surface area contributed by atoms with Crippen molar-refractivity contribution < 1.29 is 19.8 Å². The van der Waals surface area contributed by atoms with E-state index >= 15 is 0 Å². The van der Waals surface area contributed by atoms with Crippen LogP contribution >= 0.6 is 0 Å². The number of carbonyl (C=O) groups is 2. The molecule has 0 saturated carbocycles. The van der Waals surface area contributed by atoms with Crippen molar-refractivity contribution in [2.75, 3.05) is 0 Å². The summed E-state index contributed by atoms with van der Waals surface area (Å²) in [5, 5.41) is 16.1. The molecule has 0 aromatic heterocycles. The van der Waals surface area contributed by atoms with E-state index in [2.05, 4.69) is 20.4 Å². The molecular formula is C21H40O4. The van der Waals surface area contributed by atoms with Crippen LogP contribution in [0.1, 0.15) is 104 Å². The monoisotopic (exact) mass is 356 g/mol. The molecule has 0 amide bonds. The quantitative estimate of drug-likeness (QED) is 0.246. The molecule has 0 heterocycles. The van der Waals surface area contributed by atoms with Crippen LogP contribution in [-0.2, 0) is 9.59 Å². The summed E-state index contributed by atoms with van der Waals surface area (Å²) in [6.07, 6.45) is 18.2. The second kappa shape index (κ2) is 20.7. The Morgan fingerprint density at radius 1 is 0.760 bits per heavy atom. The van der Waals surface area contributed by atoms with E-state index in [1.54, 1.807) is 0 Å². The topological polar surface area (TPSA) is 74.6 Å².